The van der Waals surface area contributed by atoms with Crippen molar-refractivity contribution in [3.05, 3.63) is 68.3 Å². The molecule has 2 aromatic rings. The number of aliphatic imine (C=N–C) groups is 1. The van der Waals surface area contributed by atoms with Gasteiger partial charge in [0.05, 0.1) is 15.6 Å². The minimum absolute atomic E-state index is 0.181. The first kappa shape index (κ1) is 17.0. The molecular formula is C17H11Cl2FN2OS. The third kappa shape index (κ3) is 3.64. The summed E-state index contributed by atoms with van der Waals surface area (Å²) in [4.78, 5) is 16.8. The molecule has 24 heavy (non-hydrogen) atoms. The van der Waals surface area contributed by atoms with E-state index in [0.717, 1.165) is 17.3 Å². The molecule has 3 rings (SSSR count). The topological polar surface area (TPSA) is 41.5 Å². The molecule has 0 radical (unpaired) electrons. The Balaban J connectivity index is 1.91. The highest BCUT2D eigenvalue weighted by Gasteiger charge is 2.24. The van der Waals surface area contributed by atoms with Gasteiger partial charge in [-0.05, 0) is 60.7 Å². The lowest BCUT2D eigenvalue weighted by Gasteiger charge is -2.01. The molecule has 0 aliphatic carbocycles. The van der Waals surface area contributed by atoms with Gasteiger partial charge in [-0.2, -0.15) is 0 Å². The van der Waals surface area contributed by atoms with E-state index < -0.39 is 5.82 Å². The minimum Gasteiger partial charge on any atom is -0.300 e. The number of carbonyl (C=O) groups excluding carboxylic acids is 1. The monoisotopic (exact) mass is 380 g/mol. The zero-order chi connectivity index (χ0) is 17.3. The Labute approximate surface area is 152 Å². The van der Waals surface area contributed by atoms with Gasteiger partial charge in [0.1, 0.15) is 5.82 Å². The van der Waals surface area contributed by atoms with Crippen LogP contribution in [-0.4, -0.2) is 11.1 Å². The second-order valence-electron chi connectivity index (χ2n) is 5.05. The zero-order valence-corrected chi connectivity index (χ0v) is 14.8. The van der Waals surface area contributed by atoms with E-state index in [2.05, 4.69) is 10.3 Å². The molecule has 0 unspecified atom stereocenters. The van der Waals surface area contributed by atoms with Gasteiger partial charge in [0, 0.05) is 10.6 Å². The number of rotatable bonds is 2. The fraction of sp³-hybridized carbons (Fsp3) is 0.0588. The summed E-state index contributed by atoms with van der Waals surface area (Å²) in [5, 5.41) is 3.95. The maximum Gasteiger partial charge on any atom is 0.264 e. The molecule has 1 fully saturated rings. The molecule has 0 bridgehead atoms. The van der Waals surface area contributed by atoms with Gasteiger partial charge in [-0.15, -0.1) is 0 Å². The summed E-state index contributed by atoms with van der Waals surface area (Å²) in [5.74, 6) is -0.827. The molecule has 2 aromatic carbocycles. The summed E-state index contributed by atoms with van der Waals surface area (Å²) in [6.07, 6.45) is 1.43. The quantitative estimate of drug-likeness (QED) is 0.715. The van der Waals surface area contributed by atoms with Crippen molar-refractivity contribution in [2.75, 3.05) is 0 Å². The number of hydrogen-bond donors (Lipinski definition) is 1. The van der Waals surface area contributed by atoms with Gasteiger partial charge < -0.3 is 5.32 Å². The molecule has 1 amide bonds. The van der Waals surface area contributed by atoms with Crippen LogP contribution in [0.2, 0.25) is 10.0 Å². The highest BCUT2D eigenvalue weighted by molar-refractivity contribution is 8.18. The van der Waals surface area contributed by atoms with Gasteiger partial charge in [0.15, 0.2) is 5.17 Å². The van der Waals surface area contributed by atoms with Crippen molar-refractivity contribution in [3.63, 3.8) is 0 Å². The third-order valence-electron chi connectivity index (χ3n) is 3.31. The van der Waals surface area contributed by atoms with Gasteiger partial charge in [-0.1, -0.05) is 29.3 Å². The summed E-state index contributed by atoms with van der Waals surface area (Å²) in [5.41, 5.74) is 1.77. The van der Waals surface area contributed by atoms with Gasteiger partial charge in [0.2, 0.25) is 0 Å². The fourth-order valence-corrected chi connectivity index (χ4v) is 3.37. The first-order chi connectivity index (χ1) is 11.4. The number of carbonyl (C=O) groups is 1. The Morgan fingerprint density at radius 2 is 2.04 bits per heavy atom. The van der Waals surface area contributed by atoms with Crippen LogP contribution in [0.4, 0.5) is 10.1 Å². The van der Waals surface area contributed by atoms with Crippen molar-refractivity contribution in [1.29, 1.82) is 0 Å². The summed E-state index contributed by atoms with van der Waals surface area (Å²) in [6.45, 7) is 1.88. The molecule has 1 aliphatic rings. The Kier molecular flexibility index (Phi) is 4.94. The fourth-order valence-electron chi connectivity index (χ4n) is 2.11. The van der Waals surface area contributed by atoms with Crippen LogP contribution >= 0.6 is 35.0 Å². The van der Waals surface area contributed by atoms with Crippen molar-refractivity contribution in [3.8, 4) is 0 Å². The number of amides is 1. The molecule has 0 atom stereocenters. The Hall–Kier alpha value is -1.82. The molecular weight excluding hydrogens is 370 g/mol. The van der Waals surface area contributed by atoms with Crippen LogP contribution in [0.25, 0.3) is 6.08 Å². The van der Waals surface area contributed by atoms with E-state index in [1.54, 1.807) is 24.3 Å². The molecule has 1 N–H and O–H groups in total. The molecule has 0 aromatic heterocycles. The standard InChI is InChI=1S/C17H11Cl2FN2OS/c1-9-7-10(18)5-6-14(9)21-17-22-16(23)15(24-17)8-11-12(19)3-2-4-13(11)20/h2-8H,1H3,(H,21,22,23)/b15-8-. The van der Waals surface area contributed by atoms with Crippen molar-refractivity contribution in [2.24, 2.45) is 4.99 Å². The lowest BCUT2D eigenvalue weighted by atomic mass is 10.2. The summed E-state index contributed by atoms with van der Waals surface area (Å²) in [7, 11) is 0. The van der Waals surface area contributed by atoms with Crippen molar-refractivity contribution < 1.29 is 9.18 Å². The number of halogens is 3. The van der Waals surface area contributed by atoms with Crippen LogP contribution in [-0.2, 0) is 4.79 Å². The van der Waals surface area contributed by atoms with E-state index in [-0.39, 0.29) is 16.5 Å². The van der Waals surface area contributed by atoms with E-state index in [4.69, 9.17) is 23.2 Å². The van der Waals surface area contributed by atoms with Crippen molar-refractivity contribution in [1.82, 2.24) is 5.32 Å². The second kappa shape index (κ2) is 6.97. The normalized spacial score (nSPS) is 17.6. The Morgan fingerprint density at radius 3 is 2.75 bits per heavy atom. The van der Waals surface area contributed by atoms with Crippen LogP contribution in [0, 0.1) is 12.7 Å². The second-order valence-corrected chi connectivity index (χ2v) is 6.92. The molecule has 0 saturated carbocycles. The SMILES string of the molecule is Cc1cc(Cl)ccc1N=C1NC(=O)/C(=C/c2c(F)cccc2Cl)S1. The van der Waals surface area contributed by atoms with E-state index in [1.807, 2.05) is 6.92 Å². The summed E-state index contributed by atoms with van der Waals surface area (Å²) in [6, 6.07) is 9.66. The number of aryl methyl sites for hydroxylation is 1. The zero-order valence-electron chi connectivity index (χ0n) is 12.4. The van der Waals surface area contributed by atoms with Gasteiger partial charge in [0.25, 0.3) is 5.91 Å². The smallest absolute Gasteiger partial charge is 0.264 e. The lowest BCUT2D eigenvalue weighted by Crippen LogP contribution is -2.19. The van der Waals surface area contributed by atoms with Crippen LogP contribution in [0.3, 0.4) is 0 Å². The van der Waals surface area contributed by atoms with E-state index in [9.17, 15) is 9.18 Å². The van der Waals surface area contributed by atoms with Crippen LogP contribution in [0.15, 0.2) is 46.3 Å². The highest BCUT2D eigenvalue weighted by Crippen LogP contribution is 2.31. The van der Waals surface area contributed by atoms with E-state index in [1.165, 1.54) is 18.2 Å². The van der Waals surface area contributed by atoms with Gasteiger partial charge >= 0.3 is 0 Å². The largest absolute Gasteiger partial charge is 0.300 e. The molecule has 0 spiro atoms. The minimum atomic E-state index is -0.484. The predicted molar refractivity (Wildman–Crippen MR) is 98.4 cm³/mol. The number of hydrogen-bond acceptors (Lipinski definition) is 3. The van der Waals surface area contributed by atoms with Crippen LogP contribution in [0.5, 0.6) is 0 Å². The predicted octanol–water partition coefficient (Wildman–Crippen LogP) is 5.33. The van der Waals surface area contributed by atoms with E-state index >= 15 is 0 Å². The Morgan fingerprint density at radius 1 is 1.25 bits per heavy atom. The first-order valence-corrected chi connectivity index (χ1v) is 8.51. The van der Waals surface area contributed by atoms with Crippen LogP contribution in [0.1, 0.15) is 11.1 Å². The Bertz CT molecular complexity index is 876. The molecule has 122 valence electrons. The molecule has 1 heterocycles. The number of nitrogens with zero attached hydrogens (tertiary/aromatic N) is 1. The number of nitrogens with one attached hydrogen (secondary N) is 1. The average Bonchev–Trinajstić information content (AvgIpc) is 2.86. The van der Waals surface area contributed by atoms with Crippen molar-refractivity contribution in [2.45, 2.75) is 6.92 Å². The average molecular weight is 381 g/mol. The number of benzene rings is 2. The number of thioether (sulfide) groups is 1. The molecule has 1 saturated heterocycles. The lowest BCUT2D eigenvalue weighted by molar-refractivity contribution is -0.115. The van der Waals surface area contributed by atoms with Gasteiger partial charge in [-0.3, -0.25) is 4.79 Å². The molecule has 7 heteroatoms. The maximum atomic E-state index is 13.9. The summed E-state index contributed by atoms with van der Waals surface area (Å²) < 4.78 is 13.9. The van der Waals surface area contributed by atoms with Crippen LogP contribution < -0.4 is 5.32 Å². The highest BCUT2D eigenvalue weighted by atomic mass is 35.5. The first-order valence-electron chi connectivity index (χ1n) is 6.94. The summed E-state index contributed by atoms with van der Waals surface area (Å²) >= 11 is 13.0. The van der Waals surface area contributed by atoms with Gasteiger partial charge in [-0.25, -0.2) is 9.38 Å². The van der Waals surface area contributed by atoms with E-state index in [0.29, 0.717) is 20.8 Å². The van der Waals surface area contributed by atoms with Crippen molar-refractivity contribution >= 4 is 57.8 Å². The molecule has 3 nitrogen and oxygen atoms in total. The molecule has 1 aliphatic heterocycles. The third-order valence-corrected chi connectivity index (χ3v) is 4.78. The maximum absolute atomic E-state index is 13.9. The number of amidine groups is 1.